The summed E-state index contributed by atoms with van der Waals surface area (Å²) in [5, 5.41) is 5.03. The van der Waals surface area contributed by atoms with E-state index < -0.39 is 0 Å². The van der Waals surface area contributed by atoms with Gasteiger partial charge < -0.3 is 9.80 Å². The molecular formula is C69H66N2. The van der Waals surface area contributed by atoms with Crippen LogP contribution in [-0.4, -0.2) is 0 Å². The predicted molar refractivity (Wildman–Crippen MR) is 308 cm³/mol. The molecule has 0 aliphatic carbocycles. The topological polar surface area (TPSA) is 6.48 Å². The van der Waals surface area contributed by atoms with Crippen LogP contribution in [0.3, 0.4) is 0 Å². The second-order valence-electron chi connectivity index (χ2n) is 21.3. The Kier molecular flexibility index (Phi) is 12.5. The zero-order valence-corrected chi connectivity index (χ0v) is 43.2. The van der Waals surface area contributed by atoms with Crippen LogP contribution in [0, 0.1) is 27.7 Å². The Morgan fingerprint density at radius 3 is 1.07 bits per heavy atom. The minimum absolute atomic E-state index is 0.0363. The van der Waals surface area contributed by atoms with Crippen molar-refractivity contribution < 1.29 is 0 Å². The first-order chi connectivity index (χ1) is 34.2. The van der Waals surface area contributed by atoms with E-state index in [0.717, 1.165) is 34.9 Å². The van der Waals surface area contributed by atoms with Crippen molar-refractivity contribution in [2.75, 3.05) is 9.80 Å². The minimum atomic E-state index is 0.0363. The van der Waals surface area contributed by atoms with Crippen molar-refractivity contribution in [2.24, 2.45) is 0 Å². The monoisotopic (exact) mass is 923 g/mol. The predicted octanol–water partition coefficient (Wildman–Crippen LogP) is 20.2. The maximum Gasteiger partial charge on any atom is 0.0464 e. The summed E-state index contributed by atoms with van der Waals surface area (Å²) in [4.78, 5) is 4.77. The number of benzene rings is 10. The molecule has 0 unspecified atom stereocenters. The summed E-state index contributed by atoms with van der Waals surface area (Å²) in [6.07, 6.45) is 1.07. The SMILES string of the molecule is CCC(C)(C)c1cccc(N(c2ccc(C)cc2)c2ccc(-c3cc(C)c(-c4c(C)cc(-c5ccc(N(c6ccc(C)cc6)c6cccc(C(C)(C)C)c6)cc5)c5ccccc45)c4ccccc34)cc2)c1. The maximum atomic E-state index is 2.42. The Hall–Kier alpha value is -7.68. The molecule has 0 amide bonds. The van der Waals surface area contributed by atoms with Crippen LogP contribution in [0.1, 0.15) is 81.3 Å². The summed E-state index contributed by atoms with van der Waals surface area (Å²) in [5.41, 5.74) is 22.1. The number of hydrogen-bond acceptors (Lipinski definition) is 2. The molecular weight excluding hydrogens is 857 g/mol. The van der Waals surface area contributed by atoms with Gasteiger partial charge in [0.05, 0.1) is 0 Å². The second-order valence-corrected chi connectivity index (χ2v) is 21.3. The first-order valence-corrected chi connectivity index (χ1v) is 25.4. The van der Waals surface area contributed by atoms with Crippen molar-refractivity contribution in [1.29, 1.82) is 0 Å². The smallest absolute Gasteiger partial charge is 0.0464 e. The highest BCUT2D eigenvalue weighted by Gasteiger charge is 2.23. The van der Waals surface area contributed by atoms with Gasteiger partial charge in [-0.1, -0.05) is 186 Å². The van der Waals surface area contributed by atoms with Crippen molar-refractivity contribution in [2.45, 2.75) is 86.5 Å². The molecule has 0 saturated heterocycles. The molecule has 0 heterocycles. The average Bonchev–Trinajstić information content (AvgIpc) is 3.38. The molecule has 71 heavy (non-hydrogen) atoms. The van der Waals surface area contributed by atoms with E-state index in [-0.39, 0.29) is 10.8 Å². The lowest BCUT2D eigenvalue weighted by molar-refractivity contribution is 0.506. The van der Waals surface area contributed by atoms with E-state index in [1.165, 1.54) is 94.0 Å². The lowest BCUT2D eigenvalue weighted by atomic mass is 9.82. The van der Waals surface area contributed by atoms with E-state index in [2.05, 4.69) is 285 Å². The lowest BCUT2D eigenvalue weighted by Crippen LogP contribution is -2.17. The van der Waals surface area contributed by atoms with Crippen molar-refractivity contribution >= 4 is 55.7 Å². The third-order valence-electron chi connectivity index (χ3n) is 14.9. The highest BCUT2D eigenvalue weighted by Crippen LogP contribution is 2.46. The standard InChI is InChI=1S/C69H66N2/c1-11-69(9,10)53-19-17-21-59(45-53)71(55-36-28-47(3)29-37-55)57-40-32-51(33-41-57)65-43-49(5)67(63-25-15-13-23-61(63)65)66-48(4)42-64(60-22-12-14-24-62(60)66)50-30-38-56(39-31-50)70(54-34-26-46(2)27-35-54)58-20-16-18-52(44-58)68(6,7)8/h12-45H,11H2,1-10H3. The molecule has 0 fully saturated rings. The van der Waals surface area contributed by atoms with E-state index in [1.807, 2.05) is 0 Å². The van der Waals surface area contributed by atoms with Gasteiger partial charge in [-0.15, -0.1) is 0 Å². The van der Waals surface area contributed by atoms with Crippen LogP contribution >= 0.6 is 0 Å². The van der Waals surface area contributed by atoms with Gasteiger partial charge in [0, 0.05) is 34.1 Å². The van der Waals surface area contributed by atoms with Crippen LogP contribution in [0.5, 0.6) is 0 Å². The summed E-state index contributed by atoms with van der Waals surface area (Å²) in [5.74, 6) is 0. The van der Waals surface area contributed by atoms with Gasteiger partial charge in [0.1, 0.15) is 0 Å². The maximum absolute atomic E-state index is 2.42. The third-order valence-corrected chi connectivity index (χ3v) is 14.9. The molecule has 0 spiro atoms. The number of rotatable bonds is 11. The van der Waals surface area contributed by atoms with Gasteiger partial charge in [0.15, 0.2) is 0 Å². The fraction of sp³-hybridized carbons (Fsp3) is 0.188. The molecule has 0 bridgehead atoms. The van der Waals surface area contributed by atoms with Crippen molar-refractivity contribution in [3.8, 4) is 33.4 Å². The molecule has 0 atom stereocenters. The summed E-state index contributed by atoms with van der Waals surface area (Å²) < 4.78 is 0. The molecule has 0 aliphatic rings. The van der Waals surface area contributed by atoms with Gasteiger partial charge in [0.25, 0.3) is 0 Å². The number of aryl methyl sites for hydroxylation is 4. The highest BCUT2D eigenvalue weighted by molar-refractivity contribution is 6.14. The van der Waals surface area contributed by atoms with Gasteiger partial charge in [0.2, 0.25) is 0 Å². The number of nitrogens with zero attached hydrogens (tertiary/aromatic N) is 2. The molecule has 352 valence electrons. The molecule has 0 aromatic heterocycles. The van der Waals surface area contributed by atoms with Gasteiger partial charge in [-0.2, -0.15) is 0 Å². The zero-order chi connectivity index (χ0) is 49.6. The largest absolute Gasteiger partial charge is 0.310 e. The molecule has 0 aliphatic heterocycles. The lowest BCUT2D eigenvalue weighted by Gasteiger charge is -2.29. The Balaban J connectivity index is 1.03. The number of fused-ring (bicyclic) bond motifs is 2. The van der Waals surface area contributed by atoms with Crippen LogP contribution in [-0.2, 0) is 10.8 Å². The van der Waals surface area contributed by atoms with Crippen LogP contribution < -0.4 is 9.80 Å². The summed E-state index contributed by atoms with van der Waals surface area (Å²) in [6.45, 7) is 22.7. The van der Waals surface area contributed by atoms with Gasteiger partial charge in [-0.25, -0.2) is 0 Å². The Labute approximate surface area is 422 Å². The first-order valence-electron chi connectivity index (χ1n) is 25.4. The Bertz CT molecular complexity index is 3530. The van der Waals surface area contributed by atoms with E-state index in [9.17, 15) is 0 Å². The minimum Gasteiger partial charge on any atom is -0.310 e. The fourth-order valence-electron chi connectivity index (χ4n) is 10.4. The van der Waals surface area contributed by atoms with Gasteiger partial charge in [-0.3, -0.25) is 0 Å². The van der Waals surface area contributed by atoms with Gasteiger partial charge >= 0.3 is 0 Å². The molecule has 10 aromatic carbocycles. The molecule has 0 saturated carbocycles. The summed E-state index contributed by atoms with van der Waals surface area (Å²) >= 11 is 0. The molecule has 2 nitrogen and oxygen atoms in total. The van der Waals surface area contributed by atoms with Crippen LogP contribution in [0.4, 0.5) is 34.1 Å². The average molecular weight is 923 g/mol. The normalized spacial score (nSPS) is 11.9. The van der Waals surface area contributed by atoms with Crippen molar-refractivity contribution in [1.82, 2.24) is 0 Å². The van der Waals surface area contributed by atoms with E-state index in [1.54, 1.807) is 0 Å². The van der Waals surface area contributed by atoms with Gasteiger partial charge in [-0.05, 0) is 195 Å². The van der Waals surface area contributed by atoms with E-state index in [0.29, 0.717) is 0 Å². The Morgan fingerprint density at radius 1 is 0.338 bits per heavy atom. The quantitative estimate of drug-likeness (QED) is 0.128. The molecule has 2 heteroatoms. The molecule has 0 N–H and O–H groups in total. The summed E-state index contributed by atoms with van der Waals surface area (Å²) in [7, 11) is 0. The Morgan fingerprint density at radius 2 is 0.690 bits per heavy atom. The molecule has 10 rings (SSSR count). The van der Waals surface area contributed by atoms with E-state index in [4.69, 9.17) is 0 Å². The van der Waals surface area contributed by atoms with Crippen LogP contribution in [0.2, 0.25) is 0 Å². The first kappa shape index (κ1) is 47.0. The highest BCUT2D eigenvalue weighted by atomic mass is 15.1. The second kappa shape index (κ2) is 18.9. The van der Waals surface area contributed by atoms with Crippen LogP contribution in [0.25, 0.3) is 54.9 Å². The third kappa shape index (κ3) is 9.16. The molecule has 10 aromatic rings. The van der Waals surface area contributed by atoms with E-state index >= 15 is 0 Å². The van der Waals surface area contributed by atoms with Crippen molar-refractivity contribution in [3.63, 3.8) is 0 Å². The molecule has 0 radical (unpaired) electrons. The number of hydrogen-bond donors (Lipinski definition) is 0. The number of anilines is 6. The summed E-state index contributed by atoms with van der Waals surface area (Å²) in [6, 6.07) is 77.0. The zero-order valence-electron chi connectivity index (χ0n) is 43.2. The fourth-order valence-corrected chi connectivity index (χ4v) is 10.4. The van der Waals surface area contributed by atoms with Crippen LogP contribution in [0.15, 0.2) is 206 Å². The van der Waals surface area contributed by atoms with Crippen molar-refractivity contribution in [3.05, 3.63) is 240 Å².